The highest BCUT2D eigenvalue weighted by molar-refractivity contribution is 5.79. The van der Waals surface area contributed by atoms with Crippen molar-refractivity contribution in [1.82, 2.24) is 4.90 Å². The Labute approximate surface area is 92.7 Å². The summed E-state index contributed by atoms with van der Waals surface area (Å²) >= 11 is 0. The van der Waals surface area contributed by atoms with E-state index in [4.69, 9.17) is 0 Å². The van der Waals surface area contributed by atoms with Crippen molar-refractivity contribution in [2.24, 2.45) is 5.92 Å². The van der Waals surface area contributed by atoms with Crippen molar-refractivity contribution in [2.45, 2.75) is 20.3 Å². The zero-order chi connectivity index (χ0) is 8.43. The van der Waals surface area contributed by atoms with Crippen molar-refractivity contribution in [3.8, 4) is 0 Å². The largest absolute Gasteiger partial charge is 1.00 e. The van der Waals surface area contributed by atoms with Crippen LogP contribution in [0.1, 0.15) is 20.3 Å². The molecule has 0 aliphatic carbocycles. The van der Waals surface area contributed by atoms with E-state index in [2.05, 4.69) is 37.4 Å². The molecule has 0 aromatic rings. The Balaban J connectivity index is 0.00000121. The lowest BCUT2D eigenvalue weighted by Crippen LogP contribution is -3.00. The monoisotopic (exact) mass is 282 g/mol. The molecule has 0 fully saturated rings. The summed E-state index contributed by atoms with van der Waals surface area (Å²) in [6, 6.07) is 0. The lowest BCUT2D eigenvalue weighted by Gasteiger charge is -2.24. The van der Waals surface area contributed by atoms with Crippen LogP contribution in [0, 0.1) is 5.92 Å². The van der Waals surface area contributed by atoms with Crippen LogP contribution in [0.15, 0.2) is 0 Å². The first-order valence-corrected chi connectivity index (χ1v) is 4.42. The van der Waals surface area contributed by atoms with Gasteiger partial charge in [0.1, 0.15) is 0 Å². The molecule has 12 heavy (non-hydrogen) atoms. The second-order valence-electron chi connectivity index (χ2n) is 3.71. The Morgan fingerprint density at radius 2 is 2.00 bits per heavy atom. The number of rotatable bonds is 1. The van der Waals surface area contributed by atoms with Gasteiger partial charge in [0, 0.05) is 6.42 Å². The molecule has 2 nitrogen and oxygen atoms in total. The SMILES string of the molecule is CC(C)C1=[N+](C)CCCN1C.[I-]. The van der Waals surface area contributed by atoms with Crippen LogP contribution in [-0.4, -0.2) is 42.5 Å². The van der Waals surface area contributed by atoms with Gasteiger partial charge in [-0.05, 0) is 0 Å². The summed E-state index contributed by atoms with van der Waals surface area (Å²) < 4.78 is 2.37. The summed E-state index contributed by atoms with van der Waals surface area (Å²) in [6.45, 7) is 6.96. The van der Waals surface area contributed by atoms with Gasteiger partial charge in [0.15, 0.2) is 0 Å². The van der Waals surface area contributed by atoms with E-state index in [-0.39, 0.29) is 24.0 Å². The number of amidine groups is 1. The van der Waals surface area contributed by atoms with Crippen molar-refractivity contribution in [1.29, 1.82) is 0 Å². The summed E-state index contributed by atoms with van der Waals surface area (Å²) in [5, 5.41) is 0. The van der Waals surface area contributed by atoms with Crippen molar-refractivity contribution < 1.29 is 28.6 Å². The fourth-order valence-corrected chi connectivity index (χ4v) is 1.95. The summed E-state index contributed by atoms with van der Waals surface area (Å²) in [5.74, 6) is 2.14. The van der Waals surface area contributed by atoms with Gasteiger partial charge in [-0.3, -0.25) is 9.48 Å². The fraction of sp³-hybridized carbons (Fsp3) is 0.889. The first-order chi connectivity index (χ1) is 5.13. The van der Waals surface area contributed by atoms with E-state index < -0.39 is 0 Å². The van der Waals surface area contributed by atoms with Gasteiger partial charge in [-0.2, -0.15) is 0 Å². The standard InChI is InChI=1S/C9H19N2.HI/c1-8(2)9-10(3)6-5-7-11(9)4;/h8H,5-7H2,1-4H3;1H/q+1;/p-1. The quantitative estimate of drug-likeness (QED) is 0.399. The molecule has 0 aromatic carbocycles. The van der Waals surface area contributed by atoms with E-state index in [1.54, 1.807) is 0 Å². The Morgan fingerprint density at radius 3 is 2.33 bits per heavy atom. The van der Waals surface area contributed by atoms with Crippen molar-refractivity contribution in [3.05, 3.63) is 0 Å². The Morgan fingerprint density at radius 1 is 1.42 bits per heavy atom. The van der Waals surface area contributed by atoms with Gasteiger partial charge >= 0.3 is 0 Å². The molecule has 1 aliphatic heterocycles. The highest BCUT2D eigenvalue weighted by Crippen LogP contribution is 2.06. The highest BCUT2D eigenvalue weighted by atomic mass is 127. The van der Waals surface area contributed by atoms with Crippen LogP contribution in [-0.2, 0) is 0 Å². The molecule has 0 unspecified atom stereocenters. The summed E-state index contributed by atoms with van der Waals surface area (Å²) in [6.07, 6.45) is 1.29. The molecule has 0 saturated heterocycles. The molecule has 0 aromatic heterocycles. The molecule has 1 rings (SSSR count). The predicted molar refractivity (Wildman–Crippen MR) is 48.1 cm³/mol. The first kappa shape index (κ1) is 12.2. The third-order valence-corrected chi connectivity index (χ3v) is 2.29. The summed E-state index contributed by atoms with van der Waals surface area (Å²) in [7, 11) is 4.37. The van der Waals surface area contributed by atoms with Crippen LogP contribution in [0.3, 0.4) is 0 Å². The number of nitrogens with zero attached hydrogens (tertiary/aromatic N) is 2. The van der Waals surface area contributed by atoms with Gasteiger partial charge in [-0.15, -0.1) is 0 Å². The Kier molecular flexibility index (Phi) is 5.13. The maximum absolute atomic E-state index is 2.37. The first-order valence-electron chi connectivity index (χ1n) is 4.42. The zero-order valence-electron chi connectivity index (χ0n) is 8.47. The van der Waals surface area contributed by atoms with Crippen LogP contribution in [0.2, 0.25) is 0 Å². The molecule has 0 amide bonds. The smallest absolute Gasteiger partial charge is 0.248 e. The van der Waals surface area contributed by atoms with Gasteiger partial charge in [0.25, 0.3) is 0 Å². The average Bonchev–Trinajstić information content (AvgIpc) is 1.85. The minimum atomic E-state index is 0. The number of hydrogen-bond donors (Lipinski definition) is 0. The molecule has 0 bridgehead atoms. The van der Waals surface area contributed by atoms with E-state index >= 15 is 0 Å². The number of halogens is 1. The van der Waals surface area contributed by atoms with E-state index in [0.29, 0.717) is 5.92 Å². The molecule has 3 heteroatoms. The van der Waals surface area contributed by atoms with Crippen molar-refractivity contribution >= 4 is 5.84 Å². The second-order valence-corrected chi connectivity index (χ2v) is 3.71. The fourth-order valence-electron chi connectivity index (χ4n) is 1.95. The van der Waals surface area contributed by atoms with Crippen molar-refractivity contribution in [2.75, 3.05) is 27.2 Å². The Bertz CT molecular complexity index is 175. The van der Waals surface area contributed by atoms with Gasteiger partial charge in [-0.1, -0.05) is 13.8 Å². The third kappa shape index (κ3) is 2.61. The Hall–Kier alpha value is 0.200. The van der Waals surface area contributed by atoms with Crippen LogP contribution in [0.25, 0.3) is 0 Å². The topological polar surface area (TPSA) is 6.25 Å². The van der Waals surface area contributed by atoms with Crippen LogP contribution >= 0.6 is 0 Å². The van der Waals surface area contributed by atoms with Crippen molar-refractivity contribution in [3.63, 3.8) is 0 Å². The van der Waals surface area contributed by atoms with E-state index in [9.17, 15) is 0 Å². The zero-order valence-corrected chi connectivity index (χ0v) is 10.6. The molecule has 1 heterocycles. The molecule has 0 saturated carbocycles. The van der Waals surface area contributed by atoms with Crippen LogP contribution < -0.4 is 24.0 Å². The molecule has 72 valence electrons. The van der Waals surface area contributed by atoms with Crippen LogP contribution in [0.4, 0.5) is 0 Å². The van der Waals surface area contributed by atoms with Gasteiger partial charge in [0.05, 0.1) is 33.1 Å². The lowest BCUT2D eigenvalue weighted by atomic mass is 10.1. The molecular weight excluding hydrogens is 263 g/mol. The molecule has 1 aliphatic rings. The molecule has 0 spiro atoms. The third-order valence-electron chi connectivity index (χ3n) is 2.29. The maximum Gasteiger partial charge on any atom is 0.248 e. The highest BCUT2D eigenvalue weighted by Gasteiger charge is 2.24. The minimum Gasteiger partial charge on any atom is -1.00 e. The maximum atomic E-state index is 2.37. The van der Waals surface area contributed by atoms with E-state index in [1.807, 2.05) is 0 Å². The minimum absolute atomic E-state index is 0. The molecule has 0 N–H and O–H groups in total. The van der Waals surface area contributed by atoms with Gasteiger partial charge in [0.2, 0.25) is 5.84 Å². The normalized spacial score (nSPS) is 18.2. The van der Waals surface area contributed by atoms with E-state index in [1.165, 1.54) is 25.3 Å². The van der Waals surface area contributed by atoms with Crippen LogP contribution in [0.5, 0.6) is 0 Å². The van der Waals surface area contributed by atoms with Gasteiger partial charge in [-0.25, -0.2) is 0 Å². The second kappa shape index (κ2) is 5.04. The molecule has 0 radical (unpaired) electrons. The van der Waals surface area contributed by atoms with Gasteiger partial charge < -0.3 is 24.0 Å². The summed E-state index contributed by atoms with van der Waals surface area (Å²) in [5.41, 5.74) is 0. The lowest BCUT2D eigenvalue weighted by molar-refractivity contribution is -0.511. The average molecular weight is 282 g/mol. The molecular formula is C9H19IN2. The predicted octanol–water partition coefficient (Wildman–Crippen LogP) is -1.98. The molecule has 0 atom stereocenters. The van der Waals surface area contributed by atoms with E-state index in [0.717, 1.165) is 0 Å². The summed E-state index contributed by atoms with van der Waals surface area (Å²) in [4.78, 5) is 2.37. The number of hydrogen-bond acceptors (Lipinski definition) is 1.